The summed E-state index contributed by atoms with van der Waals surface area (Å²) in [5.41, 5.74) is 0. The van der Waals surface area contributed by atoms with Crippen LogP contribution in [0.25, 0.3) is 0 Å². The molecule has 1 aliphatic rings. The Kier molecular flexibility index (Phi) is 2.65. The molecule has 0 saturated carbocycles. The predicted molar refractivity (Wildman–Crippen MR) is 49.7 cm³/mol. The molecule has 0 bridgehead atoms. The SMILES string of the molecule is O[C@H]1CNC[C@@H]1Oc1cccc(F)c1. The number of rotatable bonds is 2. The van der Waals surface area contributed by atoms with E-state index in [-0.39, 0.29) is 11.9 Å². The van der Waals surface area contributed by atoms with Crippen LogP contribution in [0.3, 0.4) is 0 Å². The van der Waals surface area contributed by atoms with E-state index in [0.29, 0.717) is 18.8 Å². The molecule has 1 aromatic rings. The Balaban J connectivity index is 2.03. The molecule has 76 valence electrons. The summed E-state index contributed by atoms with van der Waals surface area (Å²) < 4.78 is 18.2. The van der Waals surface area contributed by atoms with Gasteiger partial charge in [-0.1, -0.05) is 6.07 Å². The highest BCUT2D eigenvalue weighted by Gasteiger charge is 2.26. The van der Waals surface area contributed by atoms with Gasteiger partial charge >= 0.3 is 0 Å². The first-order chi connectivity index (χ1) is 6.75. The highest BCUT2D eigenvalue weighted by atomic mass is 19.1. The Morgan fingerprint density at radius 2 is 2.29 bits per heavy atom. The van der Waals surface area contributed by atoms with E-state index in [2.05, 4.69) is 5.32 Å². The van der Waals surface area contributed by atoms with Crippen LogP contribution in [0.4, 0.5) is 4.39 Å². The third kappa shape index (κ3) is 2.02. The molecule has 1 saturated heterocycles. The average Bonchev–Trinajstić information content (AvgIpc) is 2.52. The highest BCUT2D eigenvalue weighted by molar-refractivity contribution is 5.23. The minimum atomic E-state index is -0.515. The van der Waals surface area contributed by atoms with E-state index >= 15 is 0 Å². The van der Waals surface area contributed by atoms with E-state index in [4.69, 9.17) is 4.74 Å². The van der Waals surface area contributed by atoms with E-state index in [1.807, 2.05) is 0 Å². The van der Waals surface area contributed by atoms with Crippen LogP contribution >= 0.6 is 0 Å². The lowest BCUT2D eigenvalue weighted by Gasteiger charge is -2.15. The summed E-state index contributed by atoms with van der Waals surface area (Å²) >= 11 is 0. The van der Waals surface area contributed by atoms with Crippen molar-refractivity contribution in [3.8, 4) is 5.75 Å². The first kappa shape index (κ1) is 9.43. The Hall–Kier alpha value is -1.13. The van der Waals surface area contributed by atoms with Crippen molar-refractivity contribution >= 4 is 0 Å². The highest BCUT2D eigenvalue weighted by Crippen LogP contribution is 2.16. The second-order valence-electron chi connectivity index (χ2n) is 3.34. The number of hydrogen-bond acceptors (Lipinski definition) is 3. The summed E-state index contributed by atoms with van der Waals surface area (Å²) in [5, 5.41) is 12.4. The molecular formula is C10H12FNO2. The number of hydrogen-bond donors (Lipinski definition) is 2. The van der Waals surface area contributed by atoms with Gasteiger partial charge in [0.15, 0.2) is 0 Å². The minimum absolute atomic E-state index is 0.281. The summed E-state index contributed by atoms with van der Waals surface area (Å²) in [6, 6.07) is 5.93. The first-order valence-corrected chi connectivity index (χ1v) is 4.57. The van der Waals surface area contributed by atoms with Gasteiger partial charge in [-0.15, -0.1) is 0 Å². The Morgan fingerprint density at radius 3 is 2.93 bits per heavy atom. The van der Waals surface area contributed by atoms with Crippen LogP contribution in [0.15, 0.2) is 24.3 Å². The Bertz CT molecular complexity index is 319. The molecule has 2 N–H and O–H groups in total. The smallest absolute Gasteiger partial charge is 0.138 e. The normalized spacial score (nSPS) is 26.4. The van der Waals surface area contributed by atoms with Gasteiger partial charge in [0.05, 0.1) is 0 Å². The summed E-state index contributed by atoms with van der Waals surface area (Å²) in [4.78, 5) is 0. The zero-order valence-electron chi connectivity index (χ0n) is 7.61. The Labute approximate surface area is 81.5 Å². The summed E-state index contributed by atoms with van der Waals surface area (Å²) in [6.45, 7) is 1.12. The topological polar surface area (TPSA) is 41.5 Å². The van der Waals surface area contributed by atoms with E-state index < -0.39 is 6.10 Å². The number of benzene rings is 1. The van der Waals surface area contributed by atoms with Crippen molar-refractivity contribution in [2.24, 2.45) is 0 Å². The van der Waals surface area contributed by atoms with Crippen molar-refractivity contribution in [1.29, 1.82) is 0 Å². The fourth-order valence-electron chi connectivity index (χ4n) is 1.48. The fourth-order valence-corrected chi connectivity index (χ4v) is 1.48. The molecule has 1 aliphatic heterocycles. The largest absolute Gasteiger partial charge is 0.486 e. The molecule has 2 rings (SSSR count). The van der Waals surface area contributed by atoms with E-state index in [1.54, 1.807) is 12.1 Å². The van der Waals surface area contributed by atoms with Crippen molar-refractivity contribution in [2.75, 3.05) is 13.1 Å². The van der Waals surface area contributed by atoms with Crippen molar-refractivity contribution in [1.82, 2.24) is 5.32 Å². The van der Waals surface area contributed by atoms with Crippen LogP contribution in [0.1, 0.15) is 0 Å². The van der Waals surface area contributed by atoms with Crippen molar-refractivity contribution in [3.05, 3.63) is 30.1 Å². The molecule has 0 amide bonds. The van der Waals surface area contributed by atoms with E-state index in [0.717, 1.165) is 0 Å². The third-order valence-corrected chi connectivity index (χ3v) is 2.21. The molecule has 0 unspecified atom stereocenters. The Morgan fingerprint density at radius 1 is 1.43 bits per heavy atom. The molecule has 0 spiro atoms. The first-order valence-electron chi connectivity index (χ1n) is 4.57. The lowest BCUT2D eigenvalue weighted by molar-refractivity contribution is 0.0735. The number of aliphatic hydroxyl groups is 1. The molecule has 1 heterocycles. The third-order valence-electron chi connectivity index (χ3n) is 2.21. The summed E-state index contributed by atoms with van der Waals surface area (Å²) in [5.74, 6) is 0.126. The second-order valence-corrected chi connectivity index (χ2v) is 3.34. The number of aliphatic hydroxyl groups excluding tert-OH is 1. The van der Waals surface area contributed by atoms with Gasteiger partial charge in [0.2, 0.25) is 0 Å². The molecular weight excluding hydrogens is 185 g/mol. The van der Waals surface area contributed by atoms with E-state index in [9.17, 15) is 9.50 Å². The van der Waals surface area contributed by atoms with Gasteiger partial charge in [-0.25, -0.2) is 4.39 Å². The average molecular weight is 197 g/mol. The molecule has 0 aliphatic carbocycles. The predicted octanol–water partition coefficient (Wildman–Crippen LogP) is 0.537. The summed E-state index contributed by atoms with van der Waals surface area (Å²) in [7, 11) is 0. The summed E-state index contributed by atoms with van der Waals surface area (Å²) in [6.07, 6.45) is -0.796. The van der Waals surface area contributed by atoms with Crippen molar-refractivity contribution < 1.29 is 14.2 Å². The number of nitrogens with one attached hydrogen (secondary N) is 1. The quantitative estimate of drug-likeness (QED) is 0.727. The lowest BCUT2D eigenvalue weighted by atomic mass is 10.2. The molecule has 14 heavy (non-hydrogen) atoms. The maximum absolute atomic E-state index is 12.8. The van der Waals surface area contributed by atoms with Crippen LogP contribution in [0, 0.1) is 5.82 Å². The van der Waals surface area contributed by atoms with Gasteiger partial charge in [0.1, 0.15) is 23.8 Å². The van der Waals surface area contributed by atoms with Gasteiger partial charge in [0.25, 0.3) is 0 Å². The zero-order valence-corrected chi connectivity index (χ0v) is 7.61. The standard InChI is InChI=1S/C10H12FNO2/c11-7-2-1-3-8(4-7)14-10-6-12-5-9(10)13/h1-4,9-10,12-13H,5-6H2/t9-,10-/m0/s1. The monoisotopic (exact) mass is 197 g/mol. The van der Waals surface area contributed by atoms with Crippen LogP contribution in [0.2, 0.25) is 0 Å². The van der Waals surface area contributed by atoms with Crippen molar-refractivity contribution in [2.45, 2.75) is 12.2 Å². The van der Waals surface area contributed by atoms with Gasteiger partial charge in [-0.05, 0) is 12.1 Å². The molecule has 4 heteroatoms. The van der Waals surface area contributed by atoms with Crippen molar-refractivity contribution in [3.63, 3.8) is 0 Å². The maximum atomic E-state index is 12.8. The zero-order chi connectivity index (χ0) is 9.97. The minimum Gasteiger partial charge on any atom is -0.486 e. The second kappa shape index (κ2) is 3.94. The van der Waals surface area contributed by atoms with Gasteiger partial charge in [0, 0.05) is 19.2 Å². The molecule has 0 aromatic heterocycles. The molecule has 1 fully saturated rings. The fraction of sp³-hybridized carbons (Fsp3) is 0.400. The lowest BCUT2D eigenvalue weighted by Crippen LogP contribution is -2.29. The number of halogens is 1. The van der Waals surface area contributed by atoms with Crippen LogP contribution < -0.4 is 10.1 Å². The molecule has 1 aromatic carbocycles. The number of β-amino-alcohol motifs (C(OH)–C–C–N with tert-alkyl or cyclic N) is 1. The molecule has 0 radical (unpaired) electrons. The maximum Gasteiger partial charge on any atom is 0.138 e. The van der Waals surface area contributed by atoms with Gasteiger partial charge in [-0.2, -0.15) is 0 Å². The number of ether oxygens (including phenoxy) is 1. The van der Waals surface area contributed by atoms with Crippen LogP contribution in [0.5, 0.6) is 5.75 Å². The van der Waals surface area contributed by atoms with Crippen LogP contribution in [-0.4, -0.2) is 30.4 Å². The van der Waals surface area contributed by atoms with Gasteiger partial charge in [-0.3, -0.25) is 0 Å². The van der Waals surface area contributed by atoms with Crippen LogP contribution in [-0.2, 0) is 0 Å². The molecule has 2 atom stereocenters. The van der Waals surface area contributed by atoms with Gasteiger partial charge < -0.3 is 15.2 Å². The molecule has 3 nitrogen and oxygen atoms in total. The van der Waals surface area contributed by atoms with E-state index in [1.165, 1.54) is 12.1 Å².